The Labute approximate surface area is 49.5 Å². The van der Waals surface area contributed by atoms with Gasteiger partial charge in [0, 0.05) is 6.20 Å². The van der Waals surface area contributed by atoms with Gasteiger partial charge in [0.15, 0.2) is 0 Å². The van der Waals surface area contributed by atoms with Crippen molar-refractivity contribution in [1.29, 1.82) is 0 Å². The molecular formula is C5H4F3N. The normalized spacial score (nSPS) is 11.9. The third-order valence-electron chi connectivity index (χ3n) is 0.903. The highest BCUT2D eigenvalue weighted by molar-refractivity contribution is 5.06. The summed E-state index contributed by atoms with van der Waals surface area (Å²) >= 11 is 0. The second-order valence-corrected chi connectivity index (χ2v) is 1.58. The molecule has 0 radical (unpaired) electrons. The minimum Gasteiger partial charge on any atom is -0.358 e. The lowest BCUT2D eigenvalue weighted by Gasteiger charge is -2.00. The van der Waals surface area contributed by atoms with E-state index in [1.165, 1.54) is 12.3 Å². The molecule has 0 amide bonds. The highest BCUT2D eigenvalue weighted by Gasteiger charge is 2.30. The predicted molar refractivity (Wildman–Crippen MR) is 25.8 cm³/mol. The van der Waals surface area contributed by atoms with Gasteiger partial charge in [-0.15, -0.1) is 0 Å². The maximum atomic E-state index is 11.6. The molecule has 0 aliphatic carbocycles. The first-order valence-corrected chi connectivity index (χ1v) is 2.31. The van der Waals surface area contributed by atoms with Crippen molar-refractivity contribution >= 4 is 0 Å². The number of nitrogens with one attached hydrogen (secondary N) is 1. The summed E-state index contributed by atoms with van der Waals surface area (Å²) in [5.74, 6) is 0. The zero-order valence-electron chi connectivity index (χ0n) is 4.37. The molecule has 50 valence electrons. The molecule has 1 heterocycles. The van der Waals surface area contributed by atoms with Crippen LogP contribution in [0.3, 0.4) is 0 Å². The van der Waals surface area contributed by atoms with Crippen molar-refractivity contribution in [2.24, 2.45) is 0 Å². The zero-order chi connectivity index (χ0) is 6.91. The highest BCUT2D eigenvalue weighted by Crippen LogP contribution is 2.26. The number of rotatable bonds is 0. The van der Waals surface area contributed by atoms with Crippen LogP contribution in [-0.2, 0) is 6.18 Å². The fraction of sp³-hybridized carbons (Fsp3) is 0.200. The van der Waals surface area contributed by atoms with Gasteiger partial charge >= 0.3 is 6.18 Å². The molecule has 0 saturated heterocycles. The average Bonchev–Trinajstić information content (AvgIpc) is 2.08. The van der Waals surface area contributed by atoms with Crippen LogP contribution in [0.4, 0.5) is 13.2 Å². The maximum absolute atomic E-state index is 11.6. The predicted octanol–water partition coefficient (Wildman–Crippen LogP) is 2.03. The van der Waals surface area contributed by atoms with Crippen LogP contribution in [0.1, 0.15) is 5.69 Å². The third kappa shape index (κ3) is 1.25. The van der Waals surface area contributed by atoms with Crippen molar-refractivity contribution in [2.75, 3.05) is 0 Å². The zero-order valence-corrected chi connectivity index (χ0v) is 4.37. The lowest BCUT2D eigenvalue weighted by molar-refractivity contribution is -0.140. The van der Waals surface area contributed by atoms with E-state index in [0.717, 1.165) is 6.07 Å². The van der Waals surface area contributed by atoms with Gasteiger partial charge in [-0.05, 0) is 12.1 Å². The second kappa shape index (κ2) is 1.79. The molecule has 4 heteroatoms. The molecule has 1 aromatic rings. The van der Waals surface area contributed by atoms with Gasteiger partial charge in [-0.1, -0.05) is 0 Å². The lowest BCUT2D eigenvalue weighted by atomic mass is 10.4. The van der Waals surface area contributed by atoms with E-state index in [0.29, 0.717) is 0 Å². The Hall–Kier alpha value is -0.930. The van der Waals surface area contributed by atoms with Crippen molar-refractivity contribution in [3.63, 3.8) is 0 Å². The summed E-state index contributed by atoms with van der Waals surface area (Å²) in [7, 11) is 0. The van der Waals surface area contributed by atoms with Crippen molar-refractivity contribution in [3.05, 3.63) is 24.0 Å². The first-order chi connectivity index (χ1) is 4.11. The largest absolute Gasteiger partial charge is 0.431 e. The van der Waals surface area contributed by atoms with Crippen LogP contribution >= 0.6 is 0 Å². The van der Waals surface area contributed by atoms with Crippen LogP contribution < -0.4 is 0 Å². The second-order valence-electron chi connectivity index (χ2n) is 1.58. The summed E-state index contributed by atoms with van der Waals surface area (Å²) in [5, 5.41) is 0. The molecule has 0 aliphatic heterocycles. The number of aromatic nitrogens is 1. The number of hydrogen-bond acceptors (Lipinski definition) is 0. The van der Waals surface area contributed by atoms with E-state index < -0.39 is 11.9 Å². The highest BCUT2D eigenvalue weighted by atomic mass is 19.4. The molecule has 0 saturated carbocycles. The van der Waals surface area contributed by atoms with Gasteiger partial charge in [-0.2, -0.15) is 13.2 Å². The van der Waals surface area contributed by atoms with Gasteiger partial charge in [0.05, 0.1) is 0 Å². The van der Waals surface area contributed by atoms with Crippen LogP contribution in [0.5, 0.6) is 0 Å². The SMILES string of the molecule is FC(F)(F)c1ccc[nH]1. The van der Waals surface area contributed by atoms with Gasteiger partial charge < -0.3 is 4.98 Å². The minimum absolute atomic E-state index is 0.706. The van der Waals surface area contributed by atoms with Gasteiger partial charge in [-0.3, -0.25) is 0 Å². The molecule has 1 rings (SSSR count). The number of hydrogen-bond donors (Lipinski definition) is 1. The Bertz CT molecular complexity index is 175. The van der Waals surface area contributed by atoms with E-state index in [2.05, 4.69) is 4.98 Å². The monoisotopic (exact) mass is 135 g/mol. The molecule has 0 aliphatic rings. The smallest absolute Gasteiger partial charge is 0.358 e. The molecule has 0 unspecified atom stereocenters. The van der Waals surface area contributed by atoms with Crippen molar-refractivity contribution in [3.8, 4) is 0 Å². The minimum atomic E-state index is -4.23. The Kier molecular flexibility index (Phi) is 1.23. The molecule has 0 fully saturated rings. The lowest BCUT2D eigenvalue weighted by Crippen LogP contribution is -2.04. The van der Waals surface area contributed by atoms with Gasteiger partial charge in [0.2, 0.25) is 0 Å². The van der Waals surface area contributed by atoms with Crippen molar-refractivity contribution < 1.29 is 13.2 Å². The van der Waals surface area contributed by atoms with E-state index in [1.54, 1.807) is 0 Å². The number of alkyl halides is 3. The first-order valence-electron chi connectivity index (χ1n) is 2.31. The van der Waals surface area contributed by atoms with Gasteiger partial charge in [-0.25, -0.2) is 0 Å². The maximum Gasteiger partial charge on any atom is 0.431 e. The van der Waals surface area contributed by atoms with E-state index in [4.69, 9.17) is 0 Å². The Morgan fingerprint density at radius 1 is 1.33 bits per heavy atom. The van der Waals surface area contributed by atoms with Crippen molar-refractivity contribution in [2.45, 2.75) is 6.18 Å². The summed E-state index contributed by atoms with van der Waals surface area (Å²) in [5.41, 5.74) is -0.706. The van der Waals surface area contributed by atoms with Crippen LogP contribution in [0.2, 0.25) is 0 Å². The Balaban J connectivity index is 2.90. The summed E-state index contributed by atoms with van der Waals surface area (Å²) in [4.78, 5) is 2.05. The van der Waals surface area contributed by atoms with E-state index in [9.17, 15) is 13.2 Å². The van der Waals surface area contributed by atoms with E-state index in [1.807, 2.05) is 0 Å². The van der Waals surface area contributed by atoms with E-state index in [-0.39, 0.29) is 0 Å². The van der Waals surface area contributed by atoms with E-state index >= 15 is 0 Å². The fourth-order valence-electron chi connectivity index (χ4n) is 0.507. The molecule has 1 nitrogen and oxygen atoms in total. The van der Waals surface area contributed by atoms with Crippen molar-refractivity contribution in [1.82, 2.24) is 4.98 Å². The molecule has 1 aromatic heterocycles. The number of aromatic amines is 1. The molecule has 0 atom stereocenters. The molecular weight excluding hydrogens is 131 g/mol. The summed E-state index contributed by atoms with van der Waals surface area (Å²) in [6.07, 6.45) is -2.99. The number of halogens is 3. The molecule has 0 spiro atoms. The standard InChI is InChI=1S/C5H4F3N/c6-5(7,8)4-2-1-3-9-4/h1-3,9H. The summed E-state index contributed by atoms with van der Waals surface area (Å²) < 4.78 is 34.8. The Morgan fingerprint density at radius 3 is 2.22 bits per heavy atom. The van der Waals surface area contributed by atoms with Gasteiger partial charge in [0.25, 0.3) is 0 Å². The topological polar surface area (TPSA) is 15.8 Å². The molecule has 0 bridgehead atoms. The molecule has 0 aromatic carbocycles. The Morgan fingerprint density at radius 2 is 2.00 bits per heavy atom. The third-order valence-corrected chi connectivity index (χ3v) is 0.903. The summed E-state index contributed by atoms with van der Waals surface area (Å²) in [6, 6.07) is 2.29. The number of H-pyrrole nitrogens is 1. The van der Waals surface area contributed by atoms with Gasteiger partial charge in [0.1, 0.15) is 5.69 Å². The van der Waals surface area contributed by atoms with Crippen LogP contribution in [0, 0.1) is 0 Å². The van der Waals surface area contributed by atoms with Crippen LogP contribution in [-0.4, -0.2) is 4.98 Å². The summed E-state index contributed by atoms with van der Waals surface area (Å²) in [6.45, 7) is 0. The molecule has 1 N–H and O–H groups in total. The van der Waals surface area contributed by atoms with Crippen LogP contribution in [0.25, 0.3) is 0 Å². The quantitative estimate of drug-likeness (QED) is 0.560. The molecule has 9 heavy (non-hydrogen) atoms. The average molecular weight is 135 g/mol. The first kappa shape index (κ1) is 6.19. The fourth-order valence-corrected chi connectivity index (χ4v) is 0.507. The van der Waals surface area contributed by atoms with Crippen LogP contribution in [0.15, 0.2) is 18.3 Å².